The molecule has 8 nitrogen and oxygen atoms in total. The van der Waals surface area contributed by atoms with Gasteiger partial charge in [0.2, 0.25) is 5.91 Å². The van der Waals surface area contributed by atoms with Crippen LogP contribution in [-0.2, 0) is 23.7 Å². The van der Waals surface area contributed by atoms with E-state index in [1.807, 2.05) is 9.80 Å². The third-order valence-corrected chi connectivity index (χ3v) is 4.96. The van der Waals surface area contributed by atoms with Crippen molar-refractivity contribution >= 4 is 12.0 Å². The number of nitrogens with zero attached hydrogens (tertiary/aromatic N) is 2. The number of piperidine rings is 1. The smallest absolute Gasteiger partial charge is 0.410 e. The second-order valence-corrected chi connectivity index (χ2v) is 7.07. The lowest BCUT2D eigenvalue weighted by molar-refractivity contribution is -0.138. The normalized spacial score (nSPS) is 21.5. The molecule has 0 aromatic heterocycles. The first-order valence-corrected chi connectivity index (χ1v) is 9.42. The van der Waals surface area contributed by atoms with Gasteiger partial charge in [-0.1, -0.05) is 13.8 Å². The number of hydrogen-bond acceptors (Lipinski definition) is 6. The summed E-state index contributed by atoms with van der Waals surface area (Å²) in [6.07, 6.45) is 1.35. The molecule has 2 aliphatic rings. The zero-order valence-electron chi connectivity index (χ0n) is 16.1. The summed E-state index contributed by atoms with van der Waals surface area (Å²) in [5, 5.41) is 0. The van der Waals surface area contributed by atoms with E-state index in [4.69, 9.17) is 18.9 Å². The van der Waals surface area contributed by atoms with Crippen molar-refractivity contribution in [1.82, 2.24) is 9.80 Å². The average molecular weight is 372 g/mol. The summed E-state index contributed by atoms with van der Waals surface area (Å²) in [4.78, 5) is 28.0. The molecule has 0 saturated carbocycles. The van der Waals surface area contributed by atoms with Crippen molar-refractivity contribution in [3.05, 3.63) is 0 Å². The van der Waals surface area contributed by atoms with E-state index in [1.165, 1.54) is 0 Å². The van der Waals surface area contributed by atoms with Crippen molar-refractivity contribution in [3.8, 4) is 0 Å². The summed E-state index contributed by atoms with van der Waals surface area (Å²) in [7, 11) is 1.62. The van der Waals surface area contributed by atoms with Crippen LogP contribution >= 0.6 is 0 Å². The number of rotatable bonds is 10. The third kappa shape index (κ3) is 5.82. The maximum absolute atomic E-state index is 12.2. The predicted molar refractivity (Wildman–Crippen MR) is 94.9 cm³/mol. The molecule has 8 heteroatoms. The molecular weight excluding hydrogens is 340 g/mol. The van der Waals surface area contributed by atoms with Crippen LogP contribution in [-0.4, -0.2) is 93.7 Å². The minimum atomic E-state index is -0.217. The molecule has 2 rings (SSSR count). The van der Waals surface area contributed by atoms with Crippen LogP contribution in [0.15, 0.2) is 0 Å². The number of likely N-dealkylation sites (tertiary alicyclic amines) is 1. The van der Waals surface area contributed by atoms with Crippen molar-refractivity contribution in [3.63, 3.8) is 0 Å². The molecule has 2 amide bonds. The second-order valence-electron chi connectivity index (χ2n) is 7.07. The highest BCUT2D eigenvalue weighted by atomic mass is 16.6. The topological polar surface area (TPSA) is 77.5 Å². The van der Waals surface area contributed by atoms with E-state index in [-0.39, 0.29) is 30.7 Å². The van der Waals surface area contributed by atoms with Gasteiger partial charge in [-0.05, 0) is 18.8 Å². The summed E-state index contributed by atoms with van der Waals surface area (Å²) in [5.41, 5.74) is 0. The molecular formula is C18H32N2O6. The molecule has 0 spiro atoms. The zero-order chi connectivity index (χ0) is 18.9. The third-order valence-electron chi connectivity index (χ3n) is 4.96. The number of amides is 2. The van der Waals surface area contributed by atoms with Crippen LogP contribution in [0.5, 0.6) is 0 Å². The molecule has 150 valence electrons. The highest BCUT2D eigenvalue weighted by molar-refractivity contribution is 5.77. The van der Waals surface area contributed by atoms with Crippen LogP contribution in [0, 0.1) is 5.92 Å². The highest BCUT2D eigenvalue weighted by Crippen LogP contribution is 2.27. The Hall–Kier alpha value is -1.38. The number of carbonyl (C=O) groups excluding carboxylic acids is 2. The fraction of sp³-hybridized carbons (Fsp3) is 0.889. The Labute approximate surface area is 155 Å². The van der Waals surface area contributed by atoms with E-state index in [2.05, 4.69) is 13.8 Å². The molecule has 0 aromatic carbocycles. The van der Waals surface area contributed by atoms with Crippen molar-refractivity contribution in [1.29, 1.82) is 0 Å². The van der Waals surface area contributed by atoms with Crippen LogP contribution < -0.4 is 0 Å². The average Bonchev–Trinajstić information content (AvgIpc) is 3.02. The molecule has 0 aromatic rings. The van der Waals surface area contributed by atoms with Gasteiger partial charge in [0.15, 0.2) is 0 Å². The first-order chi connectivity index (χ1) is 12.5. The molecule has 2 saturated heterocycles. The lowest BCUT2D eigenvalue weighted by Crippen LogP contribution is -2.51. The monoisotopic (exact) mass is 372 g/mol. The lowest BCUT2D eigenvalue weighted by atomic mass is 9.97. The lowest BCUT2D eigenvalue weighted by Gasteiger charge is -2.38. The zero-order valence-corrected chi connectivity index (χ0v) is 16.1. The molecule has 26 heavy (non-hydrogen) atoms. The van der Waals surface area contributed by atoms with E-state index >= 15 is 0 Å². The summed E-state index contributed by atoms with van der Waals surface area (Å²) < 4.78 is 20.8. The molecule has 0 bridgehead atoms. The Morgan fingerprint density at radius 3 is 2.46 bits per heavy atom. The molecule has 0 aliphatic carbocycles. The summed E-state index contributed by atoms with van der Waals surface area (Å²) in [6, 6.07) is 0.285. The minimum absolute atomic E-state index is 0.00949. The highest BCUT2D eigenvalue weighted by Gasteiger charge is 2.40. The van der Waals surface area contributed by atoms with Crippen molar-refractivity contribution < 1.29 is 28.5 Å². The Kier molecular flexibility index (Phi) is 8.61. The van der Waals surface area contributed by atoms with E-state index in [0.29, 0.717) is 52.0 Å². The van der Waals surface area contributed by atoms with Crippen LogP contribution in [0.3, 0.4) is 0 Å². The van der Waals surface area contributed by atoms with Gasteiger partial charge < -0.3 is 23.8 Å². The Balaban J connectivity index is 1.66. The number of carbonyl (C=O) groups is 2. The fourth-order valence-electron chi connectivity index (χ4n) is 3.39. The van der Waals surface area contributed by atoms with Gasteiger partial charge in [-0.15, -0.1) is 0 Å². The Morgan fingerprint density at radius 2 is 1.81 bits per heavy atom. The predicted octanol–water partition coefficient (Wildman–Crippen LogP) is 1.13. The van der Waals surface area contributed by atoms with Gasteiger partial charge in [0, 0.05) is 26.2 Å². The standard InChI is InChI=1S/C18H32N2O6/c1-14(2)16-12-26-18(22)20(16)15-4-6-19(7-5-15)17(21)13-25-11-10-24-9-8-23-3/h14-16H,4-13H2,1-3H3. The SMILES string of the molecule is COCCOCCOCC(=O)N1CCC(N2C(=O)OCC2C(C)C)CC1. The van der Waals surface area contributed by atoms with Crippen molar-refractivity contribution in [2.75, 3.05) is 59.8 Å². The molecule has 0 N–H and O–H groups in total. The van der Waals surface area contributed by atoms with Gasteiger partial charge in [-0.3, -0.25) is 9.69 Å². The maximum Gasteiger partial charge on any atom is 0.410 e. The number of cyclic esters (lactones) is 1. The molecule has 0 radical (unpaired) electrons. The van der Waals surface area contributed by atoms with Crippen molar-refractivity contribution in [2.24, 2.45) is 5.92 Å². The van der Waals surface area contributed by atoms with Gasteiger partial charge in [0.25, 0.3) is 0 Å². The fourth-order valence-corrected chi connectivity index (χ4v) is 3.39. The van der Waals surface area contributed by atoms with Gasteiger partial charge in [-0.2, -0.15) is 0 Å². The van der Waals surface area contributed by atoms with Crippen LogP contribution in [0.1, 0.15) is 26.7 Å². The minimum Gasteiger partial charge on any atom is -0.447 e. The molecule has 1 atom stereocenters. The number of methoxy groups -OCH3 is 1. The van der Waals surface area contributed by atoms with Crippen LogP contribution in [0.4, 0.5) is 4.79 Å². The Bertz CT molecular complexity index is 451. The van der Waals surface area contributed by atoms with Gasteiger partial charge in [0.1, 0.15) is 13.2 Å². The van der Waals surface area contributed by atoms with E-state index in [9.17, 15) is 9.59 Å². The van der Waals surface area contributed by atoms with Gasteiger partial charge in [-0.25, -0.2) is 4.79 Å². The largest absolute Gasteiger partial charge is 0.447 e. The summed E-state index contributed by atoms with van der Waals surface area (Å²) in [5.74, 6) is 0.352. The summed E-state index contributed by atoms with van der Waals surface area (Å²) in [6.45, 7) is 7.96. The van der Waals surface area contributed by atoms with Crippen LogP contribution in [0.2, 0.25) is 0 Å². The van der Waals surface area contributed by atoms with Crippen molar-refractivity contribution in [2.45, 2.75) is 38.8 Å². The van der Waals surface area contributed by atoms with E-state index in [0.717, 1.165) is 12.8 Å². The van der Waals surface area contributed by atoms with Gasteiger partial charge in [0.05, 0.1) is 32.5 Å². The molecule has 2 heterocycles. The molecule has 1 unspecified atom stereocenters. The molecule has 2 aliphatic heterocycles. The second kappa shape index (κ2) is 10.7. The first-order valence-electron chi connectivity index (χ1n) is 9.42. The summed E-state index contributed by atoms with van der Waals surface area (Å²) >= 11 is 0. The van der Waals surface area contributed by atoms with Crippen LogP contribution in [0.25, 0.3) is 0 Å². The first kappa shape index (κ1) is 20.9. The van der Waals surface area contributed by atoms with Gasteiger partial charge >= 0.3 is 6.09 Å². The molecule has 2 fully saturated rings. The Morgan fingerprint density at radius 1 is 1.15 bits per heavy atom. The van der Waals surface area contributed by atoms with E-state index < -0.39 is 0 Å². The quantitative estimate of drug-likeness (QED) is 0.535. The number of hydrogen-bond donors (Lipinski definition) is 0. The maximum atomic E-state index is 12.2. The van der Waals surface area contributed by atoms with E-state index in [1.54, 1.807) is 7.11 Å². The number of ether oxygens (including phenoxy) is 4.